The number of nitrogens with one attached hydrogen (secondary N) is 1. The zero-order chi connectivity index (χ0) is 17.2. The maximum atomic E-state index is 10.1. The number of nitrogens with zero attached hydrogens (tertiary/aromatic N) is 2. The summed E-state index contributed by atoms with van der Waals surface area (Å²) in [6.07, 6.45) is 8.92. The predicted octanol–water partition coefficient (Wildman–Crippen LogP) is 3.84. The normalized spacial score (nSPS) is 21.0. The summed E-state index contributed by atoms with van der Waals surface area (Å²) in [5.41, 5.74) is 3.99. The molecule has 1 saturated heterocycles. The average molecular weight is 360 g/mol. The van der Waals surface area contributed by atoms with Gasteiger partial charge in [0.2, 0.25) is 0 Å². The van der Waals surface area contributed by atoms with Crippen LogP contribution in [0.5, 0.6) is 0 Å². The van der Waals surface area contributed by atoms with Gasteiger partial charge < -0.3 is 19.4 Å². The lowest BCUT2D eigenvalue weighted by atomic mass is 9.97. The van der Waals surface area contributed by atoms with Crippen molar-refractivity contribution in [2.24, 2.45) is 0 Å². The van der Waals surface area contributed by atoms with Gasteiger partial charge in [0.25, 0.3) is 0 Å². The first kappa shape index (κ1) is 16.6. The minimum atomic E-state index is -0.228. The molecule has 0 spiro atoms. The predicted molar refractivity (Wildman–Crippen MR) is 98.7 cm³/mol. The fourth-order valence-corrected chi connectivity index (χ4v) is 3.91. The first-order chi connectivity index (χ1) is 12.2. The quantitative estimate of drug-likeness (QED) is 0.726. The molecule has 1 fully saturated rings. The summed E-state index contributed by atoms with van der Waals surface area (Å²) in [5.74, 6) is 0. The van der Waals surface area contributed by atoms with E-state index in [-0.39, 0.29) is 12.1 Å². The van der Waals surface area contributed by atoms with Crippen molar-refractivity contribution in [3.8, 4) is 11.1 Å². The maximum Gasteiger partial charge on any atom is 0.0981 e. The van der Waals surface area contributed by atoms with Crippen molar-refractivity contribution in [2.45, 2.75) is 44.4 Å². The monoisotopic (exact) mass is 359 g/mol. The summed E-state index contributed by atoms with van der Waals surface area (Å²) >= 11 is 6.26. The molecule has 1 aliphatic heterocycles. The number of aliphatic hydroxyl groups excluding tert-OH is 1. The molecule has 2 aromatic heterocycles. The first-order valence-corrected chi connectivity index (χ1v) is 9.18. The molecular formula is C19H22ClN3O2. The zero-order valence-electron chi connectivity index (χ0n) is 14.0. The van der Waals surface area contributed by atoms with Crippen LogP contribution in [-0.2, 0) is 6.54 Å². The third kappa shape index (κ3) is 3.45. The minimum Gasteiger partial charge on any atom is -0.472 e. The Morgan fingerprint density at radius 3 is 3.12 bits per heavy atom. The van der Waals surface area contributed by atoms with E-state index in [9.17, 15) is 5.11 Å². The minimum absolute atomic E-state index is 0.200. The Hall–Kier alpha value is -1.82. The Bertz CT molecular complexity index is 844. The third-order valence-corrected chi connectivity index (χ3v) is 5.19. The number of aromatic nitrogens is 2. The molecule has 3 heterocycles. The molecule has 132 valence electrons. The smallest absolute Gasteiger partial charge is 0.0981 e. The van der Waals surface area contributed by atoms with Crippen molar-refractivity contribution in [2.75, 3.05) is 6.54 Å². The van der Waals surface area contributed by atoms with E-state index in [0.717, 1.165) is 60.9 Å². The van der Waals surface area contributed by atoms with Crippen molar-refractivity contribution >= 4 is 22.6 Å². The number of hydrogen-bond donors (Lipinski definition) is 2. The second-order valence-corrected chi connectivity index (χ2v) is 7.12. The van der Waals surface area contributed by atoms with E-state index in [1.807, 2.05) is 24.5 Å². The summed E-state index contributed by atoms with van der Waals surface area (Å²) in [4.78, 5) is 4.51. The summed E-state index contributed by atoms with van der Waals surface area (Å²) in [7, 11) is 0. The van der Waals surface area contributed by atoms with E-state index in [1.165, 1.54) is 0 Å². The third-order valence-electron chi connectivity index (χ3n) is 4.97. The maximum absolute atomic E-state index is 10.1. The van der Waals surface area contributed by atoms with Crippen LogP contribution in [0.1, 0.15) is 25.7 Å². The van der Waals surface area contributed by atoms with E-state index in [4.69, 9.17) is 16.0 Å². The molecule has 2 N–H and O–H groups in total. The van der Waals surface area contributed by atoms with Gasteiger partial charge in [-0.15, -0.1) is 0 Å². The van der Waals surface area contributed by atoms with Crippen molar-refractivity contribution < 1.29 is 9.52 Å². The van der Waals surface area contributed by atoms with Gasteiger partial charge in [0.05, 0.1) is 36.0 Å². The van der Waals surface area contributed by atoms with Crippen LogP contribution < -0.4 is 5.32 Å². The van der Waals surface area contributed by atoms with E-state index in [1.54, 1.807) is 12.5 Å². The zero-order valence-corrected chi connectivity index (χ0v) is 14.7. The van der Waals surface area contributed by atoms with E-state index < -0.39 is 0 Å². The van der Waals surface area contributed by atoms with Crippen LogP contribution in [0.3, 0.4) is 0 Å². The Morgan fingerprint density at radius 1 is 1.40 bits per heavy atom. The number of aliphatic hydroxyl groups is 1. The highest BCUT2D eigenvalue weighted by Gasteiger charge is 2.22. The number of halogens is 1. The highest BCUT2D eigenvalue weighted by Crippen LogP contribution is 2.32. The molecule has 0 saturated carbocycles. The standard InChI is InChI=1S/C19H22ClN3O2/c20-14-9-15(13-5-8-25-11-13)19-17(10-14)22-12-23(19)7-2-3-16-18(24)4-1-6-21-16/h5,8-12,16,18,21,24H,1-4,6-7H2/t16-,18+/m1/s1. The van der Waals surface area contributed by atoms with Gasteiger partial charge in [-0.25, -0.2) is 4.98 Å². The molecule has 0 aliphatic carbocycles. The molecule has 0 radical (unpaired) electrons. The Kier molecular flexibility index (Phi) is 4.79. The van der Waals surface area contributed by atoms with Crippen LogP contribution in [0.25, 0.3) is 22.2 Å². The lowest BCUT2D eigenvalue weighted by Crippen LogP contribution is -2.44. The van der Waals surface area contributed by atoms with Crippen molar-refractivity contribution in [3.05, 3.63) is 42.1 Å². The van der Waals surface area contributed by atoms with Gasteiger partial charge in [-0.1, -0.05) is 11.6 Å². The Labute approximate surface area is 151 Å². The van der Waals surface area contributed by atoms with Gasteiger partial charge in [-0.3, -0.25) is 0 Å². The molecule has 1 aromatic carbocycles. The van der Waals surface area contributed by atoms with E-state index in [2.05, 4.69) is 14.9 Å². The first-order valence-electron chi connectivity index (χ1n) is 8.81. The number of aryl methyl sites for hydroxylation is 1. The van der Waals surface area contributed by atoms with Gasteiger partial charge in [0, 0.05) is 28.7 Å². The van der Waals surface area contributed by atoms with Crippen molar-refractivity contribution in [1.29, 1.82) is 0 Å². The molecule has 1 aliphatic rings. The molecule has 0 amide bonds. The van der Waals surface area contributed by atoms with Gasteiger partial charge in [-0.2, -0.15) is 0 Å². The number of furan rings is 1. The lowest BCUT2D eigenvalue weighted by Gasteiger charge is -2.29. The molecule has 25 heavy (non-hydrogen) atoms. The molecular weight excluding hydrogens is 338 g/mol. The highest BCUT2D eigenvalue weighted by molar-refractivity contribution is 6.31. The van der Waals surface area contributed by atoms with E-state index >= 15 is 0 Å². The SMILES string of the molecule is O[C@H]1CCCN[C@@H]1CCCn1cnc2cc(Cl)cc(-c3ccoc3)c21. The second-order valence-electron chi connectivity index (χ2n) is 6.68. The fourth-order valence-electron chi connectivity index (χ4n) is 3.69. The summed E-state index contributed by atoms with van der Waals surface area (Å²) < 4.78 is 7.41. The largest absolute Gasteiger partial charge is 0.472 e. The van der Waals surface area contributed by atoms with Crippen LogP contribution >= 0.6 is 11.6 Å². The molecule has 0 bridgehead atoms. The molecule has 4 rings (SSSR count). The number of imidazole rings is 1. The van der Waals surface area contributed by atoms with Crippen LogP contribution in [0.4, 0.5) is 0 Å². The molecule has 6 heteroatoms. The number of fused-ring (bicyclic) bond motifs is 1. The Balaban J connectivity index is 1.56. The molecule has 0 unspecified atom stereocenters. The van der Waals surface area contributed by atoms with Gasteiger partial charge in [0.15, 0.2) is 0 Å². The number of piperidine rings is 1. The van der Waals surface area contributed by atoms with Crippen LogP contribution in [0.2, 0.25) is 5.02 Å². The van der Waals surface area contributed by atoms with Gasteiger partial charge >= 0.3 is 0 Å². The van der Waals surface area contributed by atoms with E-state index in [0.29, 0.717) is 5.02 Å². The number of benzene rings is 1. The number of hydrogen-bond acceptors (Lipinski definition) is 4. The number of rotatable bonds is 5. The second kappa shape index (κ2) is 7.20. The molecule has 3 aromatic rings. The highest BCUT2D eigenvalue weighted by atomic mass is 35.5. The molecule has 5 nitrogen and oxygen atoms in total. The molecule has 2 atom stereocenters. The van der Waals surface area contributed by atoms with Crippen molar-refractivity contribution in [1.82, 2.24) is 14.9 Å². The van der Waals surface area contributed by atoms with Crippen LogP contribution in [-0.4, -0.2) is 33.3 Å². The van der Waals surface area contributed by atoms with Crippen LogP contribution in [0, 0.1) is 0 Å². The summed E-state index contributed by atoms with van der Waals surface area (Å²) in [6, 6.07) is 5.99. The van der Waals surface area contributed by atoms with Crippen molar-refractivity contribution in [3.63, 3.8) is 0 Å². The lowest BCUT2D eigenvalue weighted by molar-refractivity contribution is 0.0909. The van der Waals surface area contributed by atoms with Gasteiger partial charge in [-0.05, 0) is 50.4 Å². The average Bonchev–Trinajstić information content (AvgIpc) is 3.26. The topological polar surface area (TPSA) is 63.2 Å². The summed E-state index contributed by atoms with van der Waals surface area (Å²) in [5, 5.41) is 14.2. The van der Waals surface area contributed by atoms with Crippen LogP contribution in [0.15, 0.2) is 41.5 Å². The van der Waals surface area contributed by atoms with Gasteiger partial charge in [0.1, 0.15) is 0 Å². The Morgan fingerprint density at radius 2 is 2.32 bits per heavy atom. The fraction of sp³-hybridized carbons (Fsp3) is 0.421. The summed E-state index contributed by atoms with van der Waals surface area (Å²) in [6.45, 7) is 1.85.